The number of aryl methyl sites for hydroxylation is 1. The van der Waals surface area contributed by atoms with Gasteiger partial charge in [-0.25, -0.2) is 0 Å². The van der Waals surface area contributed by atoms with E-state index in [-0.39, 0.29) is 5.75 Å². The van der Waals surface area contributed by atoms with E-state index in [2.05, 4.69) is 0 Å². The van der Waals surface area contributed by atoms with E-state index in [0.29, 0.717) is 5.75 Å². The number of ether oxygens (including phenoxy) is 1. The zero-order valence-corrected chi connectivity index (χ0v) is 8.24. The van der Waals surface area contributed by atoms with Crippen molar-refractivity contribution in [2.75, 3.05) is 7.11 Å². The molecule has 2 rings (SSSR count). The summed E-state index contributed by atoms with van der Waals surface area (Å²) >= 11 is 0. The Bertz CT molecular complexity index is 475. The Balaban J connectivity index is 2.86. The lowest BCUT2D eigenvalue weighted by Gasteiger charge is -2.09. The second-order valence-corrected chi connectivity index (χ2v) is 3.30. The first-order chi connectivity index (χ1) is 6.74. The highest BCUT2D eigenvalue weighted by Crippen LogP contribution is 2.37. The number of rotatable bonds is 1. The highest BCUT2D eigenvalue weighted by atomic mass is 16.5. The molecule has 2 aromatic carbocycles. The molecule has 0 aliphatic rings. The summed E-state index contributed by atoms with van der Waals surface area (Å²) in [5.41, 5.74) is 0.948. The van der Waals surface area contributed by atoms with E-state index in [4.69, 9.17) is 4.74 Å². The van der Waals surface area contributed by atoms with Crippen molar-refractivity contribution in [2.45, 2.75) is 6.92 Å². The van der Waals surface area contributed by atoms with Gasteiger partial charge in [0.25, 0.3) is 0 Å². The topological polar surface area (TPSA) is 29.5 Å². The van der Waals surface area contributed by atoms with E-state index < -0.39 is 0 Å². The summed E-state index contributed by atoms with van der Waals surface area (Å²) in [6.45, 7) is 1.92. The molecule has 0 saturated carbocycles. The summed E-state index contributed by atoms with van der Waals surface area (Å²) in [4.78, 5) is 0. The van der Waals surface area contributed by atoms with Crippen molar-refractivity contribution in [3.05, 3.63) is 35.9 Å². The monoisotopic (exact) mass is 188 g/mol. The van der Waals surface area contributed by atoms with Crippen LogP contribution in [0, 0.1) is 6.92 Å². The van der Waals surface area contributed by atoms with E-state index >= 15 is 0 Å². The quantitative estimate of drug-likeness (QED) is 0.745. The summed E-state index contributed by atoms with van der Waals surface area (Å²) < 4.78 is 5.13. The maximum Gasteiger partial charge on any atom is 0.165 e. The van der Waals surface area contributed by atoms with E-state index in [0.717, 1.165) is 16.3 Å². The predicted octanol–water partition coefficient (Wildman–Crippen LogP) is 2.86. The number of hydrogen-bond acceptors (Lipinski definition) is 2. The van der Waals surface area contributed by atoms with Crippen LogP contribution in [0.25, 0.3) is 10.8 Å². The molecule has 72 valence electrons. The molecule has 0 aliphatic heterocycles. The van der Waals surface area contributed by atoms with Gasteiger partial charge in [-0.05, 0) is 23.9 Å². The smallest absolute Gasteiger partial charge is 0.165 e. The van der Waals surface area contributed by atoms with Crippen LogP contribution in [-0.4, -0.2) is 12.2 Å². The highest BCUT2D eigenvalue weighted by molar-refractivity contribution is 5.91. The summed E-state index contributed by atoms with van der Waals surface area (Å²) in [6, 6.07) is 9.71. The van der Waals surface area contributed by atoms with Crippen LogP contribution >= 0.6 is 0 Å². The summed E-state index contributed by atoms with van der Waals surface area (Å²) in [5.74, 6) is 0.784. The molecule has 14 heavy (non-hydrogen) atoms. The van der Waals surface area contributed by atoms with Gasteiger partial charge in [-0.15, -0.1) is 0 Å². The average Bonchev–Trinajstić information content (AvgIpc) is 2.18. The maximum atomic E-state index is 9.91. The number of fused-ring (bicyclic) bond motifs is 1. The second kappa shape index (κ2) is 3.22. The van der Waals surface area contributed by atoms with Crippen molar-refractivity contribution in [1.29, 1.82) is 0 Å². The molecular formula is C12H12O2. The van der Waals surface area contributed by atoms with E-state index in [1.165, 1.54) is 0 Å². The molecule has 2 aromatic rings. The molecule has 0 bridgehead atoms. The lowest BCUT2D eigenvalue weighted by atomic mass is 10.1. The van der Waals surface area contributed by atoms with Crippen LogP contribution < -0.4 is 4.74 Å². The van der Waals surface area contributed by atoms with Gasteiger partial charge >= 0.3 is 0 Å². The molecule has 0 unspecified atom stereocenters. The van der Waals surface area contributed by atoms with Crippen LogP contribution in [-0.2, 0) is 0 Å². The van der Waals surface area contributed by atoms with E-state index in [1.807, 2.05) is 37.3 Å². The fourth-order valence-corrected chi connectivity index (χ4v) is 1.70. The fourth-order valence-electron chi connectivity index (χ4n) is 1.70. The third kappa shape index (κ3) is 1.20. The Kier molecular flexibility index (Phi) is 2.04. The molecule has 0 fully saturated rings. The van der Waals surface area contributed by atoms with Crippen molar-refractivity contribution in [3.8, 4) is 11.5 Å². The van der Waals surface area contributed by atoms with Crippen molar-refractivity contribution in [2.24, 2.45) is 0 Å². The average molecular weight is 188 g/mol. The molecule has 1 N–H and O–H groups in total. The lowest BCUT2D eigenvalue weighted by Crippen LogP contribution is -1.88. The van der Waals surface area contributed by atoms with Crippen LogP contribution in [0.4, 0.5) is 0 Å². The molecule has 2 heteroatoms. The number of methoxy groups -OCH3 is 1. The summed E-state index contributed by atoms with van der Waals surface area (Å²) in [7, 11) is 1.57. The highest BCUT2D eigenvalue weighted by Gasteiger charge is 2.09. The minimum atomic E-state index is 0.225. The van der Waals surface area contributed by atoms with Gasteiger partial charge in [-0.3, -0.25) is 0 Å². The molecule has 0 heterocycles. The minimum Gasteiger partial charge on any atom is -0.504 e. The molecule has 2 nitrogen and oxygen atoms in total. The molecule has 0 saturated heterocycles. The van der Waals surface area contributed by atoms with Gasteiger partial charge in [0, 0.05) is 5.39 Å². The van der Waals surface area contributed by atoms with Gasteiger partial charge < -0.3 is 9.84 Å². The van der Waals surface area contributed by atoms with Gasteiger partial charge in [0.05, 0.1) is 7.11 Å². The molecule has 0 radical (unpaired) electrons. The Morgan fingerprint density at radius 3 is 2.64 bits per heavy atom. The molecule has 0 aromatic heterocycles. The van der Waals surface area contributed by atoms with E-state index in [1.54, 1.807) is 7.11 Å². The van der Waals surface area contributed by atoms with Gasteiger partial charge in [0.15, 0.2) is 11.5 Å². The number of hydrogen-bond donors (Lipinski definition) is 1. The van der Waals surface area contributed by atoms with Crippen molar-refractivity contribution >= 4 is 10.8 Å². The second-order valence-electron chi connectivity index (χ2n) is 3.30. The standard InChI is InChI=1S/C12H12O2/c1-8-7-9-5-3-4-6-10(9)11(13)12(8)14-2/h3-7,13H,1-2H3. The van der Waals surface area contributed by atoms with Gasteiger partial charge in [-0.1, -0.05) is 24.3 Å². The van der Waals surface area contributed by atoms with Crippen molar-refractivity contribution in [3.63, 3.8) is 0 Å². The SMILES string of the molecule is COc1c(C)cc2ccccc2c1O. The van der Waals surface area contributed by atoms with Crippen LogP contribution in [0.1, 0.15) is 5.56 Å². The van der Waals surface area contributed by atoms with E-state index in [9.17, 15) is 5.11 Å². The Morgan fingerprint density at radius 1 is 1.21 bits per heavy atom. The fraction of sp³-hybridized carbons (Fsp3) is 0.167. The Morgan fingerprint density at radius 2 is 1.93 bits per heavy atom. The minimum absolute atomic E-state index is 0.225. The number of phenols is 1. The Labute approximate surface area is 82.8 Å². The molecule has 0 amide bonds. The number of phenolic OH excluding ortho intramolecular Hbond substituents is 1. The number of aromatic hydroxyl groups is 1. The van der Waals surface area contributed by atoms with Crippen LogP contribution in [0.2, 0.25) is 0 Å². The lowest BCUT2D eigenvalue weighted by molar-refractivity contribution is 0.374. The van der Waals surface area contributed by atoms with Crippen LogP contribution in [0.3, 0.4) is 0 Å². The zero-order valence-electron chi connectivity index (χ0n) is 8.24. The predicted molar refractivity (Wildman–Crippen MR) is 56.9 cm³/mol. The molecule has 0 spiro atoms. The first kappa shape index (κ1) is 8.88. The molecule has 0 aliphatic carbocycles. The van der Waals surface area contributed by atoms with Gasteiger partial charge in [-0.2, -0.15) is 0 Å². The van der Waals surface area contributed by atoms with Gasteiger partial charge in [0.2, 0.25) is 0 Å². The summed E-state index contributed by atoms with van der Waals surface area (Å²) in [6.07, 6.45) is 0. The molecular weight excluding hydrogens is 176 g/mol. The number of benzene rings is 2. The first-order valence-electron chi connectivity index (χ1n) is 4.49. The first-order valence-corrected chi connectivity index (χ1v) is 4.49. The molecule has 0 atom stereocenters. The third-order valence-electron chi connectivity index (χ3n) is 2.37. The Hall–Kier alpha value is -1.70. The maximum absolute atomic E-state index is 9.91. The zero-order chi connectivity index (χ0) is 10.1. The van der Waals surface area contributed by atoms with Crippen molar-refractivity contribution in [1.82, 2.24) is 0 Å². The largest absolute Gasteiger partial charge is 0.504 e. The van der Waals surface area contributed by atoms with Crippen molar-refractivity contribution < 1.29 is 9.84 Å². The normalized spacial score (nSPS) is 10.4. The van der Waals surface area contributed by atoms with Crippen LogP contribution in [0.15, 0.2) is 30.3 Å². The van der Waals surface area contributed by atoms with Crippen LogP contribution in [0.5, 0.6) is 11.5 Å². The van der Waals surface area contributed by atoms with Gasteiger partial charge in [0.1, 0.15) is 0 Å². The summed E-state index contributed by atoms with van der Waals surface area (Å²) in [5, 5.41) is 11.8. The third-order valence-corrected chi connectivity index (χ3v) is 2.37.